The van der Waals surface area contributed by atoms with Gasteiger partial charge < -0.3 is 15.0 Å². The number of carbonyl (C=O) groups excluding carboxylic acids is 1. The van der Waals surface area contributed by atoms with Gasteiger partial charge in [-0.2, -0.15) is 0 Å². The topological polar surface area (TPSA) is 71.3 Å². The van der Waals surface area contributed by atoms with Crippen LogP contribution in [0.5, 0.6) is 0 Å². The van der Waals surface area contributed by atoms with Crippen LogP contribution in [0.4, 0.5) is 0 Å². The number of hydrogen-bond donors (Lipinski definition) is 2. The predicted molar refractivity (Wildman–Crippen MR) is 54.1 cm³/mol. The molecule has 1 aromatic heterocycles. The van der Waals surface area contributed by atoms with Crippen LogP contribution < -0.4 is 5.32 Å². The number of aryl methyl sites for hydroxylation is 1. The first-order chi connectivity index (χ1) is 7.08. The van der Waals surface area contributed by atoms with E-state index < -0.39 is 5.97 Å². The lowest BCUT2D eigenvalue weighted by atomic mass is 10.3. The Morgan fingerprint density at radius 2 is 2.20 bits per heavy atom. The summed E-state index contributed by atoms with van der Waals surface area (Å²) in [5.74, 6) is -1.19. The van der Waals surface area contributed by atoms with Crippen LogP contribution in [-0.2, 0) is 23.2 Å². The van der Waals surface area contributed by atoms with E-state index in [1.807, 2.05) is 30.1 Å². The molecule has 82 valence electrons. The van der Waals surface area contributed by atoms with Gasteiger partial charge in [-0.3, -0.25) is 9.59 Å². The largest absolute Gasteiger partial charge is 0.481 e. The number of aromatic nitrogens is 1. The van der Waals surface area contributed by atoms with Crippen LogP contribution in [0.3, 0.4) is 0 Å². The third kappa shape index (κ3) is 4.30. The highest BCUT2D eigenvalue weighted by atomic mass is 16.4. The van der Waals surface area contributed by atoms with E-state index in [-0.39, 0.29) is 18.7 Å². The summed E-state index contributed by atoms with van der Waals surface area (Å²) in [5.41, 5.74) is 1.00. The summed E-state index contributed by atoms with van der Waals surface area (Å²) in [6.45, 7) is 0.444. The van der Waals surface area contributed by atoms with E-state index in [2.05, 4.69) is 5.32 Å². The standard InChI is InChI=1S/C10H14N2O3/c1-12-5-4-8(7-12)6-11-9(13)2-3-10(14)15/h4-5,7H,2-3,6H2,1H3,(H,11,13)(H,14,15). The zero-order chi connectivity index (χ0) is 11.3. The van der Waals surface area contributed by atoms with Crippen LogP contribution in [0.15, 0.2) is 18.5 Å². The molecule has 0 fully saturated rings. The van der Waals surface area contributed by atoms with Crippen molar-refractivity contribution in [1.29, 1.82) is 0 Å². The fourth-order valence-electron chi connectivity index (χ4n) is 1.18. The third-order valence-electron chi connectivity index (χ3n) is 1.95. The number of nitrogens with one attached hydrogen (secondary N) is 1. The second-order valence-corrected chi connectivity index (χ2v) is 3.36. The molecule has 0 aliphatic rings. The van der Waals surface area contributed by atoms with Crippen molar-refractivity contribution in [3.05, 3.63) is 24.0 Å². The van der Waals surface area contributed by atoms with E-state index in [1.165, 1.54) is 0 Å². The minimum absolute atomic E-state index is 0.0299. The monoisotopic (exact) mass is 210 g/mol. The highest BCUT2D eigenvalue weighted by Gasteiger charge is 2.04. The molecule has 0 spiro atoms. The van der Waals surface area contributed by atoms with Crippen molar-refractivity contribution in [2.45, 2.75) is 19.4 Å². The van der Waals surface area contributed by atoms with Gasteiger partial charge in [-0.25, -0.2) is 0 Å². The molecule has 0 radical (unpaired) electrons. The van der Waals surface area contributed by atoms with Gasteiger partial charge in [0.15, 0.2) is 0 Å². The molecule has 5 nitrogen and oxygen atoms in total. The van der Waals surface area contributed by atoms with E-state index in [4.69, 9.17) is 5.11 Å². The van der Waals surface area contributed by atoms with Gasteiger partial charge in [0.25, 0.3) is 0 Å². The highest BCUT2D eigenvalue weighted by molar-refractivity contribution is 5.80. The van der Waals surface area contributed by atoms with E-state index in [0.29, 0.717) is 6.54 Å². The van der Waals surface area contributed by atoms with Crippen LogP contribution in [0, 0.1) is 0 Å². The second kappa shape index (κ2) is 5.19. The Labute approximate surface area is 87.7 Å². The van der Waals surface area contributed by atoms with Gasteiger partial charge in [0.2, 0.25) is 5.91 Å². The Morgan fingerprint density at radius 1 is 1.47 bits per heavy atom. The number of carboxylic acid groups (broad SMARTS) is 1. The maximum Gasteiger partial charge on any atom is 0.303 e. The molecular weight excluding hydrogens is 196 g/mol. The summed E-state index contributed by atoms with van der Waals surface area (Å²) < 4.78 is 1.89. The summed E-state index contributed by atoms with van der Waals surface area (Å²) in [7, 11) is 1.90. The van der Waals surface area contributed by atoms with Crippen molar-refractivity contribution < 1.29 is 14.7 Å². The third-order valence-corrected chi connectivity index (χ3v) is 1.95. The summed E-state index contributed by atoms with van der Waals surface area (Å²) in [6.07, 6.45) is 3.69. The predicted octanol–water partition coefficient (Wildman–Crippen LogP) is 0.506. The van der Waals surface area contributed by atoms with Crippen LogP contribution >= 0.6 is 0 Å². The van der Waals surface area contributed by atoms with Crippen molar-refractivity contribution in [1.82, 2.24) is 9.88 Å². The fourth-order valence-corrected chi connectivity index (χ4v) is 1.18. The summed E-state index contributed by atoms with van der Waals surface area (Å²) in [6, 6.07) is 1.90. The number of rotatable bonds is 5. The van der Waals surface area contributed by atoms with E-state index >= 15 is 0 Å². The molecule has 15 heavy (non-hydrogen) atoms. The molecule has 5 heteroatoms. The number of carboxylic acids is 1. The average molecular weight is 210 g/mol. The van der Waals surface area contributed by atoms with Gasteiger partial charge in [0.05, 0.1) is 6.42 Å². The molecule has 0 aliphatic carbocycles. The lowest BCUT2D eigenvalue weighted by Gasteiger charge is -2.01. The molecular formula is C10H14N2O3. The second-order valence-electron chi connectivity index (χ2n) is 3.36. The normalized spacial score (nSPS) is 9.93. The van der Waals surface area contributed by atoms with Crippen LogP contribution in [0.2, 0.25) is 0 Å². The summed E-state index contributed by atoms with van der Waals surface area (Å²) in [5, 5.41) is 11.0. The first kappa shape index (κ1) is 11.3. The molecule has 0 aromatic carbocycles. The van der Waals surface area contributed by atoms with Crippen molar-refractivity contribution in [2.75, 3.05) is 0 Å². The van der Waals surface area contributed by atoms with Gasteiger partial charge in [0.1, 0.15) is 0 Å². The van der Waals surface area contributed by atoms with Gasteiger partial charge in [-0.15, -0.1) is 0 Å². The van der Waals surface area contributed by atoms with Gasteiger partial charge in [0, 0.05) is 32.4 Å². The van der Waals surface area contributed by atoms with E-state index in [9.17, 15) is 9.59 Å². The zero-order valence-electron chi connectivity index (χ0n) is 8.56. The minimum atomic E-state index is -0.954. The van der Waals surface area contributed by atoms with Crippen molar-refractivity contribution >= 4 is 11.9 Å². The Hall–Kier alpha value is -1.78. The molecule has 0 aliphatic heterocycles. The Kier molecular flexibility index (Phi) is 3.91. The number of hydrogen-bond acceptors (Lipinski definition) is 2. The molecule has 0 atom stereocenters. The average Bonchev–Trinajstić information content (AvgIpc) is 2.58. The van der Waals surface area contributed by atoms with E-state index in [1.54, 1.807) is 0 Å². The Morgan fingerprint density at radius 3 is 2.73 bits per heavy atom. The molecule has 0 bridgehead atoms. The Bertz CT molecular complexity index is 357. The quantitative estimate of drug-likeness (QED) is 0.743. The highest BCUT2D eigenvalue weighted by Crippen LogP contribution is 1.99. The molecule has 2 N–H and O–H groups in total. The smallest absolute Gasteiger partial charge is 0.303 e. The van der Waals surface area contributed by atoms with Gasteiger partial charge >= 0.3 is 5.97 Å². The first-order valence-corrected chi connectivity index (χ1v) is 4.67. The molecule has 1 amide bonds. The summed E-state index contributed by atoms with van der Waals surface area (Å²) >= 11 is 0. The zero-order valence-corrected chi connectivity index (χ0v) is 8.56. The van der Waals surface area contributed by atoms with Crippen molar-refractivity contribution in [2.24, 2.45) is 7.05 Å². The summed E-state index contributed by atoms with van der Waals surface area (Å²) in [4.78, 5) is 21.3. The molecule has 0 unspecified atom stereocenters. The van der Waals surface area contributed by atoms with Crippen LogP contribution in [0.1, 0.15) is 18.4 Å². The first-order valence-electron chi connectivity index (χ1n) is 4.67. The Balaban J connectivity index is 2.25. The number of nitrogens with zero attached hydrogens (tertiary/aromatic N) is 1. The number of carbonyl (C=O) groups is 2. The maximum absolute atomic E-state index is 11.1. The van der Waals surface area contributed by atoms with Gasteiger partial charge in [-0.1, -0.05) is 0 Å². The SMILES string of the molecule is Cn1ccc(CNC(=O)CCC(=O)O)c1. The molecule has 1 heterocycles. The minimum Gasteiger partial charge on any atom is -0.481 e. The molecule has 0 saturated carbocycles. The lowest BCUT2D eigenvalue weighted by molar-refractivity contribution is -0.138. The molecule has 0 saturated heterocycles. The maximum atomic E-state index is 11.1. The fraction of sp³-hybridized carbons (Fsp3) is 0.400. The molecule has 1 aromatic rings. The van der Waals surface area contributed by atoms with E-state index in [0.717, 1.165) is 5.56 Å². The van der Waals surface area contributed by atoms with Gasteiger partial charge in [-0.05, 0) is 11.6 Å². The van der Waals surface area contributed by atoms with Crippen LogP contribution in [0.25, 0.3) is 0 Å². The number of aliphatic carboxylic acids is 1. The van der Waals surface area contributed by atoms with Crippen molar-refractivity contribution in [3.63, 3.8) is 0 Å². The lowest BCUT2D eigenvalue weighted by Crippen LogP contribution is -2.22. The van der Waals surface area contributed by atoms with Crippen LogP contribution in [-0.4, -0.2) is 21.6 Å². The molecule has 1 rings (SSSR count). The number of amides is 1. The van der Waals surface area contributed by atoms with Crippen molar-refractivity contribution in [3.8, 4) is 0 Å².